The monoisotopic (exact) mass is 466 g/mol. The van der Waals surface area contributed by atoms with Crippen molar-refractivity contribution in [1.29, 1.82) is 0 Å². The highest BCUT2D eigenvalue weighted by molar-refractivity contribution is 6.12. The third-order valence-electron chi connectivity index (χ3n) is 5.54. The van der Waals surface area contributed by atoms with E-state index in [9.17, 15) is 18.0 Å². The van der Waals surface area contributed by atoms with E-state index in [2.05, 4.69) is 10.2 Å². The highest BCUT2D eigenvalue weighted by Gasteiger charge is 2.34. The van der Waals surface area contributed by atoms with E-state index in [4.69, 9.17) is 0 Å². The van der Waals surface area contributed by atoms with Crippen LogP contribution in [0.1, 0.15) is 52.7 Å². The van der Waals surface area contributed by atoms with Gasteiger partial charge in [0.05, 0.1) is 0 Å². The van der Waals surface area contributed by atoms with Gasteiger partial charge in [-0.25, -0.2) is 13.2 Å². The average Bonchev–Trinajstić information content (AvgIpc) is 2.69. The molecule has 0 spiro atoms. The van der Waals surface area contributed by atoms with E-state index in [-0.39, 0.29) is 5.78 Å². The first-order valence-corrected chi connectivity index (χ1v) is 11.0. The maximum atomic E-state index is 14.2. The molecule has 2 aromatic rings. The van der Waals surface area contributed by atoms with E-state index in [0.717, 1.165) is 5.56 Å². The van der Waals surface area contributed by atoms with E-state index < -0.39 is 34.0 Å². The lowest BCUT2D eigenvalue weighted by Crippen LogP contribution is -2.28. The third-order valence-corrected chi connectivity index (χ3v) is 5.54. The largest absolute Gasteiger partial charge is 0.289 e. The Kier molecular flexibility index (Phi) is 6.83. The molecule has 34 heavy (non-hydrogen) atoms. The molecule has 1 aliphatic rings. The molecule has 0 radical (unpaired) electrons. The number of Topliss-reactive ketones (excluding diaryl/α,β-unsaturated/α-hetero) is 1. The van der Waals surface area contributed by atoms with Gasteiger partial charge < -0.3 is 0 Å². The lowest BCUT2D eigenvalue weighted by molar-refractivity contribution is -0.114. The van der Waals surface area contributed by atoms with Crippen LogP contribution in [0.5, 0.6) is 0 Å². The van der Waals surface area contributed by atoms with Gasteiger partial charge in [0.25, 0.3) is 0 Å². The maximum absolute atomic E-state index is 14.2. The zero-order chi connectivity index (χ0) is 25.4. The molecule has 178 valence electrons. The van der Waals surface area contributed by atoms with Gasteiger partial charge >= 0.3 is 0 Å². The molecule has 0 unspecified atom stereocenters. The summed E-state index contributed by atoms with van der Waals surface area (Å²) in [5.74, 6) is -3.37. The second-order valence-electron chi connectivity index (χ2n) is 10.5. The van der Waals surface area contributed by atoms with Crippen LogP contribution in [0.15, 0.2) is 75.5 Å². The van der Waals surface area contributed by atoms with Crippen LogP contribution in [-0.4, -0.2) is 5.78 Å². The summed E-state index contributed by atoms with van der Waals surface area (Å²) in [6.07, 6.45) is 3.53. The number of halogens is 3. The van der Waals surface area contributed by atoms with E-state index in [1.165, 1.54) is 0 Å². The predicted molar refractivity (Wildman–Crippen MR) is 129 cm³/mol. The van der Waals surface area contributed by atoms with Gasteiger partial charge in [-0.15, -0.1) is 10.2 Å². The first kappa shape index (κ1) is 25.3. The second-order valence-corrected chi connectivity index (χ2v) is 10.5. The molecule has 0 saturated heterocycles. The molecule has 1 aliphatic carbocycles. The topological polar surface area (TPSA) is 41.8 Å². The van der Waals surface area contributed by atoms with E-state index in [1.807, 2.05) is 72.7 Å². The van der Waals surface area contributed by atoms with Crippen molar-refractivity contribution in [3.05, 3.63) is 93.8 Å². The number of hydrogen-bond acceptors (Lipinski definition) is 3. The summed E-state index contributed by atoms with van der Waals surface area (Å²) >= 11 is 0. The SMILES string of the molecule is Cc1ccc(C(N=Nc2c(F)cc(F)cc2F)=C2C=C(C(C)(C)C)C(=O)C(C(C)(C)C)=C2)cc1. The van der Waals surface area contributed by atoms with Crippen molar-refractivity contribution in [1.82, 2.24) is 0 Å². The minimum absolute atomic E-state index is 0.0421. The Morgan fingerprint density at radius 2 is 1.26 bits per heavy atom. The maximum Gasteiger partial charge on any atom is 0.186 e. The Balaban J connectivity index is 2.33. The molecule has 0 amide bonds. The summed E-state index contributed by atoms with van der Waals surface area (Å²) in [6.45, 7) is 13.7. The Morgan fingerprint density at radius 1 is 0.794 bits per heavy atom. The zero-order valence-corrected chi connectivity index (χ0v) is 20.6. The molecule has 0 heterocycles. The fourth-order valence-electron chi connectivity index (χ4n) is 3.60. The number of hydrogen-bond donors (Lipinski definition) is 0. The summed E-state index contributed by atoms with van der Waals surface area (Å²) in [6, 6.07) is 8.57. The van der Waals surface area contributed by atoms with E-state index in [0.29, 0.717) is 40.1 Å². The number of aryl methyl sites for hydroxylation is 1. The Bertz CT molecular complexity index is 1190. The molecule has 0 N–H and O–H groups in total. The van der Waals surface area contributed by atoms with Gasteiger partial charge in [0.2, 0.25) is 0 Å². The quantitative estimate of drug-likeness (QED) is 0.419. The van der Waals surface area contributed by atoms with Gasteiger partial charge in [-0.2, -0.15) is 0 Å². The van der Waals surface area contributed by atoms with E-state index >= 15 is 0 Å². The number of rotatable bonds is 3. The zero-order valence-electron chi connectivity index (χ0n) is 20.6. The van der Waals surface area contributed by atoms with Crippen molar-refractivity contribution >= 4 is 17.2 Å². The van der Waals surface area contributed by atoms with Gasteiger partial charge in [0.15, 0.2) is 23.1 Å². The van der Waals surface area contributed by atoms with Gasteiger partial charge in [-0.05, 0) is 29.9 Å². The Morgan fingerprint density at radius 3 is 1.71 bits per heavy atom. The smallest absolute Gasteiger partial charge is 0.186 e. The van der Waals surface area contributed by atoms with Gasteiger partial charge in [0.1, 0.15) is 11.5 Å². The summed E-state index contributed by atoms with van der Waals surface area (Å²) in [5, 5.41) is 8.05. The number of carbonyl (C=O) groups is 1. The Labute approximate surface area is 198 Å². The molecule has 0 fully saturated rings. The summed E-state index contributed by atoms with van der Waals surface area (Å²) in [7, 11) is 0. The first-order valence-electron chi connectivity index (χ1n) is 11.0. The van der Waals surface area contributed by atoms with Crippen molar-refractivity contribution in [3.63, 3.8) is 0 Å². The van der Waals surface area contributed by atoms with Crippen LogP contribution in [-0.2, 0) is 4.79 Å². The van der Waals surface area contributed by atoms with Crippen molar-refractivity contribution in [3.8, 4) is 0 Å². The lowest BCUT2D eigenvalue weighted by atomic mass is 9.71. The first-order chi connectivity index (χ1) is 15.7. The molecule has 0 saturated carbocycles. The summed E-state index contributed by atoms with van der Waals surface area (Å²) < 4.78 is 41.8. The highest BCUT2D eigenvalue weighted by atomic mass is 19.1. The second kappa shape index (κ2) is 9.16. The van der Waals surface area contributed by atoms with Gasteiger partial charge in [-0.3, -0.25) is 4.79 Å². The molecule has 0 aliphatic heterocycles. The van der Waals surface area contributed by atoms with Crippen LogP contribution < -0.4 is 0 Å². The number of benzene rings is 2. The standard InChI is InChI=1S/C28H29F3N2O/c1-16-8-10-17(11-9-16)24(32-33-25-22(30)14-19(29)15-23(25)31)18-12-20(27(2,3)4)26(34)21(13-18)28(5,6)7/h8-15H,1-7H3. The summed E-state index contributed by atoms with van der Waals surface area (Å²) in [5.41, 5.74) is 2.27. The van der Waals surface area contributed by atoms with Crippen molar-refractivity contribution in [2.75, 3.05) is 0 Å². The van der Waals surface area contributed by atoms with Crippen LogP contribution in [0.4, 0.5) is 18.9 Å². The number of carbonyl (C=O) groups excluding carboxylic acids is 1. The predicted octanol–water partition coefficient (Wildman–Crippen LogP) is 8.44. The molecule has 6 heteroatoms. The normalized spacial score (nSPS) is 15.0. The van der Waals surface area contributed by atoms with Crippen LogP contribution in [0.2, 0.25) is 0 Å². The number of nitrogens with zero attached hydrogens (tertiary/aromatic N) is 2. The van der Waals surface area contributed by atoms with Crippen molar-refractivity contribution in [2.45, 2.75) is 48.5 Å². The van der Waals surface area contributed by atoms with Crippen LogP contribution >= 0.6 is 0 Å². The molecule has 0 aromatic heterocycles. The van der Waals surface area contributed by atoms with Crippen LogP contribution in [0.3, 0.4) is 0 Å². The lowest BCUT2D eigenvalue weighted by Gasteiger charge is -2.31. The minimum Gasteiger partial charge on any atom is -0.289 e. The average molecular weight is 467 g/mol. The number of ketones is 1. The molecule has 3 nitrogen and oxygen atoms in total. The minimum atomic E-state index is -1.15. The molecule has 0 atom stereocenters. The molecule has 3 rings (SSSR count). The molecule has 0 bridgehead atoms. The van der Waals surface area contributed by atoms with Crippen molar-refractivity contribution in [2.24, 2.45) is 21.1 Å². The molecule has 2 aromatic carbocycles. The fraction of sp³-hybridized carbons (Fsp3) is 0.321. The fourth-order valence-corrected chi connectivity index (χ4v) is 3.60. The number of allylic oxidation sites excluding steroid dienone is 5. The van der Waals surface area contributed by atoms with Gasteiger partial charge in [0, 0.05) is 34.4 Å². The summed E-state index contributed by atoms with van der Waals surface area (Å²) in [4.78, 5) is 13.3. The van der Waals surface area contributed by atoms with Crippen LogP contribution in [0.25, 0.3) is 5.70 Å². The number of azo groups is 1. The van der Waals surface area contributed by atoms with Crippen LogP contribution in [0, 0.1) is 35.2 Å². The van der Waals surface area contributed by atoms with Gasteiger partial charge in [-0.1, -0.05) is 71.4 Å². The molecular weight excluding hydrogens is 437 g/mol. The Hall–Kier alpha value is -3.28. The van der Waals surface area contributed by atoms with Crippen molar-refractivity contribution < 1.29 is 18.0 Å². The third kappa shape index (κ3) is 5.44. The molecular formula is C28H29F3N2O. The highest BCUT2D eigenvalue weighted by Crippen LogP contribution is 2.41. The van der Waals surface area contributed by atoms with E-state index in [1.54, 1.807) is 12.2 Å².